The number of hydrogen-bond acceptors (Lipinski definition) is 2. The maximum Gasteiger partial charge on any atom is 0.135 e. The van der Waals surface area contributed by atoms with Crippen LogP contribution in [0.25, 0.3) is 147 Å². The second-order valence-corrected chi connectivity index (χ2v) is 41.3. The van der Waals surface area contributed by atoms with Crippen LogP contribution in [0.4, 0.5) is 0 Å². The second-order valence-electron chi connectivity index (χ2n) is 40.2. The molecule has 0 atom stereocenters. The lowest BCUT2D eigenvalue weighted by Gasteiger charge is -2.35. The highest BCUT2D eigenvalue weighted by molar-refractivity contribution is 7.25. The molecule has 0 N–H and O–H groups in total. The number of para-hydroxylation sites is 3. The van der Waals surface area contributed by atoms with Gasteiger partial charge in [0.2, 0.25) is 0 Å². The molecule has 0 aliphatic heterocycles. The third-order valence-electron chi connectivity index (χ3n) is 30.0. The van der Waals surface area contributed by atoms with Gasteiger partial charge in [-0.1, -0.05) is 374 Å². The summed E-state index contributed by atoms with van der Waals surface area (Å²) in [5, 5.41) is 13.3. The molecule has 5 aromatic heterocycles. The Hall–Kier alpha value is -17.0. The minimum absolute atomic E-state index is 0.273. The van der Waals surface area contributed by atoms with Crippen molar-refractivity contribution in [2.75, 3.05) is 0 Å². The van der Waals surface area contributed by atoms with Gasteiger partial charge in [-0.25, -0.2) is 0 Å². The van der Waals surface area contributed by atoms with E-state index in [4.69, 9.17) is 4.42 Å². The average Bonchev–Trinajstić information content (AvgIpc) is 1.54. The molecule has 714 valence electrons. The molecule has 0 radical (unpaired) electrons. The standard InChI is InChI=1S/2C27H22.3C20H17N.C14H12O.C14H12S/c1-19-16-17-23-25(18-19)27(21-11-5-3-6-12-21,22-13-7-4-8-14-22)24-15-9-10-20(2)26(23)24;1-19-17-18-20(2)26-25(19)23-15-9-10-16-24(23)27(26,21-11-5-3-6-12-21)22-13-7-4-8-14-22;1-14-11-12-17-19(13-14)21(16-8-4-3-5-9-16)18-10-6-7-15(2)20(17)18;1-14-8-10-19-17(12-14)18-13-15(2)9-11-20(18)21(19)16-6-4-3-5-7-16;1-14-8-10-17-18-11-9-15(2)13-20(18)21(19(17)12-14)16-6-4-3-5-7-16;1-9-6-7-12-11(8-9)14-10(2)4-3-5-13(14)15-12;1-9-6-7-11-13(8-9)15-12-5-3-4-10(2)14(11)12/h2*3-18H,1-2H3;3*3-13H,1-2H3;2*3-8H,1-2H3. The van der Waals surface area contributed by atoms with Crippen molar-refractivity contribution in [3.05, 3.63) is 590 Å². The van der Waals surface area contributed by atoms with Crippen LogP contribution >= 0.6 is 11.3 Å². The number of rotatable bonds is 7. The largest absolute Gasteiger partial charge is 0.456 e. The van der Waals surface area contributed by atoms with Crippen molar-refractivity contribution >= 4 is 119 Å². The van der Waals surface area contributed by atoms with Crippen LogP contribution in [-0.4, -0.2) is 13.7 Å². The van der Waals surface area contributed by atoms with Crippen molar-refractivity contribution < 1.29 is 4.42 Å². The van der Waals surface area contributed by atoms with E-state index in [0.717, 1.165) is 11.2 Å². The fraction of sp³-hybridized carbons (Fsp3) is 0.113. The molecule has 0 amide bonds. The molecule has 0 saturated heterocycles. The Morgan fingerprint density at radius 1 is 0.190 bits per heavy atom. The molecule has 0 fully saturated rings. The number of fused-ring (bicyclic) bond motifs is 21. The van der Waals surface area contributed by atoms with E-state index in [0.29, 0.717) is 0 Å². The predicted octanol–water partition coefficient (Wildman–Crippen LogP) is 38.4. The maximum atomic E-state index is 5.79. The van der Waals surface area contributed by atoms with Crippen molar-refractivity contribution in [1.29, 1.82) is 0 Å². The molecule has 0 saturated carbocycles. The molecule has 147 heavy (non-hydrogen) atoms. The van der Waals surface area contributed by atoms with E-state index in [1.807, 2.05) is 29.5 Å². The SMILES string of the molecule is Cc1ccc(C)c2c1-c1ccccc1C2(c1ccccc1)c1ccccc1.Cc1ccc2c(c1)C(c1ccccc1)(c1ccccc1)c1cccc(C)c1-2.Cc1ccc2c(c1)c1cc(C)ccc1n2-c1ccccc1.Cc1ccc2c(c1)sc1cccc(C)c12.Cc1ccc2c3c(C)cccc3n(-c3ccccc3)c2c1.Cc1ccc2c3ccc(C)cc3n(-c3ccccc3)c2c1.Cc1ccc2oc3cccc(C)c3c2c1. The molecule has 21 aromatic carbocycles. The first-order chi connectivity index (χ1) is 71.7. The zero-order valence-electron chi connectivity index (χ0n) is 86.1. The average molecular weight is 1920 g/mol. The number of benzene rings is 21. The van der Waals surface area contributed by atoms with Gasteiger partial charge < -0.3 is 18.1 Å². The highest BCUT2D eigenvalue weighted by atomic mass is 32.1. The molecule has 2 aliphatic rings. The normalized spacial score (nSPS) is 12.3. The highest BCUT2D eigenvalue weighted by Gasteiger charge is 2.49. The molecule has 28 rings (SSSR count). The van der Waals surface area contributed by atoms with Crippen LogP contribution < -0.4 is 0 Å². The maximum absolute atomic E-state index is 5.79. The van der Waals surface area contributed by atoms with E-state index < -0.39 is 0 Å². The van der Waals surface area contributed by atoms with Crippen LogP contribution in [0.15, 0.2) is 472 Å². The van der Waals surface area contributed by atoms with Crippen LogP contribution in [0, 0.1) is 96.9 Å². The lowest BCUT2D eigenvalue weighted by atomic mass is 9.66. The smallest absolute Gasteiger partial charge is 0.135 e. The molecule has 4 nitrogen and oxygen atoms in total. The Balaban J connectivity index is 0.0000000983. The zero-order chi connectivity index (χ0) is 101. The molecule has 5 heterocycles. The van der Waals surface area contributed by atoms with E-state index >= 15 is 0 Å². The van der Waals surface area contributed by atoms with Crippen LogP contribution in [-0.2, 0) is 10.8 Å². The van der Waals surface area contributed by atoms with Gasteiger partial charge in [0, 0.05) is 80.3 Å². The van der Waals surface area contributed by atoms with E-state index in [9.17, 15) is 0 Å². The summed E-state index contributed by atoms with van der Waals surface area (Å²) >= 11 is 1.89. The Kier molecular flexibility index (Phi) is 25.8. The summed E-state index contributed by atoms with van der Waals surface area (Å²) in [6.45, 7) is 30.4. The molecule has 0 unspecified atom stereocenters. The molecular formula is C142H119N3OS. The van der Waals surface area contributed by atoms with Crippen molar-refractivity contribution in [2.24, 2.45) is 0 Å². The van der Waals surface area contributed by atoms with Crippen molar-refractivity contribution in [3.8, 4) is 39.3 Å². The van der Waals surface area contributed by atoms with Gasteiger partial charge >= 0.3 is 0 Å². The monoisotopic (exact) mass is 1910 g/mol. The number of aromatic nitrogens is 3. The van der Waals surface area contributed by atoms with Crippen molar-refractivity contribution in [1.82, 2.24) is 13.7 Å². The van der Waals surface area contributed by atoms with Gasteiger partial charge in [-0.05, 0) is 335 Å². The number of furan rings is 1. The third kappa shape index (κ3) is 17.3. The number of hydrogen-bond donors (Lipinski definition) is 0. The molecule has 5 heteroatoms. The molecular weight excluding hydrogens is 1800 g/mol. The van der Waals surface area contributed by atoms with Gasteiger partial charge in [0.15, 0.2) is 0 Å². The Bertz CT molecular complexity index is 9180. The summed E-state index contributed by atoms with van der Waals surface area (Å²) in [5.74, 6) is 0. The summed E-state index contributed by atoms with van der Waals surface area (Å²) in [4.78, 5) is 0. The summed E-state index contributed by atoms with van der Waals surface area (Å²) in [6, 6.07) is 169. The van der Waals surface area contributed by atoms with Crippen LogP contribution in [0.3, 0.4) is 0 Å². The number of thiophene rings is 1. The van der Waals surface area contributed by atoms with E-state index in [-0.39, 0.29) is 10.8 Å². The van der Waals surface area contributed by atoms with Crippen LogP contribution in [0.2, 0.25) is 0 Å². The molecule has 0 spiro atoms. The molecule has 2 aliphatic carbocycles. The van der Waals surface area contributed by atoms with Crippen LogP contribution in [0.5, 0.6) is 0 Å². The topological polar surface area (TPSA) is 27.9 Å². The van der Waals surface area contributed by atoms with E-state index in [1.165, 1.54) is 258 Å². The fourth-order valence-electron chi connectivity index (χ4n) is 23.4. The van der Waals surface area contributed by atoms with Crippen molar-refractivity contribution in [2.45, 2.75) is 108 Å². The zero-order valence-corrected chi connectivity index (χ0v) is 86.9. The summed E-state index contributed by atoms with van der Waals surface area (Å²) < 4.78 is 15.7. The Morgan fingerprint density at radius 2 is 0.558 bits per heavy atom. The minimum Gasteiger partial charge on any atom is -0.456 e. The van der Waals surface area contributed by atoms with Gasteiger partial charge in [-0.15, -0.1) is 11.3 Å². The second kappa shape index (κ2) is 40.0. The van der Waals surface area contributed by atoms with Crippen LogP contribution in [0.1, 0.15) is 122 Å². The summed E-state index contributed by atoms with van der Waals surface area (Å²) in [6.07, 6.45) is 0. The Morgan fingerprint density at radius 3 is 1.10 bits per heavy atom. The number of nitrogens with zero attached hydrogens (tertiary/aromatic N) is 3. The lowest BCUT2D eigenvalue weighted by molar-refractivity contribution is 0.668. The summed E-state index contributed by atoms with van der Waals surface area (Å²) in [7, 11) is 0. The van der Waals surface area contributed by atoms with Gasteiger partial charge in [0.05, 0.1) is 43.9 Å². The van der Waals surface area contributed by atoms with E-state index in [1.54, 1.807) is 0 Å². The van der Waals surface area contributed by atoms with Gasteiger partial charge in [-0.3, -0.25) is 0 Å². The number of aryl methyl sites for hydroxylation is 14. The van der Waals surface area contributed by atoms with Gasteiger partial charge in [-0.2, -0.15) is 0 Å². The van der Waals surface area contributed by atoms with Crippen molar-refractivity contribution in [3.63, 3.8) is 0 Å². The third-order valence-corrected chi connectivity index (χ3v) is 31.1. The molecule has 26 aromatic rings. The van der Waals surface area contributed by atoms with Gasteiger partial charge in [0.1, 0.15) is 11.2 Å². The molecule has 0 bridgehead atoms. The predicted molar refractivity (Wildman–Crippen MR) is 629 cm³/mol. The Labute approximate surface area is 867 Å². The minimum atomic E-state index is -0.273. The summed E-state index contributed by atoms with van der Waals surface area (Å²) in [5.41, 5.74) is 47.5. The highest BCUT2D eigenvalue weighted by Crippen LogP contribution is 2.60. The first-order valence-electron chi connectivity index (χ1n) is 51.3. The fourth-order valence-corrected chi connectivity index (χ4v) is 24.7. The first-order valence-corrected chi connectivity index (χ1v) is 52.1. The van der Waals surface area contributed by atoms with Gasteiger partial charge in [0.25, 0.3) is 0 Å². The first kappa shape index (κ1) is 94.9. The lowest BCUT2D eigenvalue weighted by Crippen LogP contribution is -2.29. The van der Waals surface area contributed by atoms with E-state index in [2.05, 4.69) is 560 Å². The quantitative estimate of drug-likeness (QED) is 0.156.